The van der Waals surface area contributed by atoms with E-state index in [9.17, 15) is 8.42 Å². The number of hydrogen-bond acceptors (Lipinski definition) is 3. The second-order valence-corrected chi connectivity index (χ2v) is 9.29. The SMILES string of the molecule is CC1(C)C(n2c(CCl)nc3cc(Cl)ccc32)CCS1(=O)=O. The third kappa shape index (κ3) is 2.17. The van der Waals surface area contributed by atoms with E-state index >= 15 is 0 Å². The van der Waals surface area contributed by atoms with Crippen LogP contribution in [0.2, 0.25) is 5.02 Å². The van der Waals surface area contributed by atoms with Gasteiger partial charge < -0.3 is 4.57 Å². The van der Waals surface area contributed by atoms with Crippen molar-refractivity contribution in [1.82, 2.24) is 9.55 Å². The van der Waals surface area contributed by atoms with Crippen LogP contribution in [0, 0.1) is 0 Å². The third-order valence-corrected chi connectivity index (χ3v) is 7.54. The van der Waals surface area contributed by atoms with Crippen molar-refractivity contribution in [3.05, 3.63) is 29.0 Å². The van der Waals surface area contributed by atoms with Gasteiger partial charge in [-0.05, 0) is 38.5 Å². The molecule has 2 aromatic rings. The van der Waals surface area contributed by atoms with Crippen LogP contribution < -0.4 is 0 Å². The number of sulfone groups is 1. The summed E-state index contributed by atoms with van der Waals surface area (Å²) in [7, 11) is -3.12. The Kier molecular flexibility index (Phi) is 3.50. The lowest BCUT2D eigenvalue weighted by Gasteiger charge is -2.28. The molecule has 0 spiro atoms. The number of halogens is 2. The number of nitrogens with zero attached hydrogens (tertiary/aromatic N) is 2. The molecule has 114 valence electrons. The quantitative estimate of drug-likeness (QED) is 0.781. The Morgan fingerprint density at radius 1 is 1.43 bits per heavy atom. The van der Waals surface area contributed by atoms with E-state index in [1.165, 1.54) is 0 Å². The molecule has 1 aromatic heterocycles. The zero-order valence-corrected chi connectivity index (χ0v) is 14.1. The first-order valence-corrected chi connectivity index (χ1v) is 9.29. The second-order valence-electron chi connectivity index (χ2n) is 5.89. The predicted molar refractivity (Wildman–Crippen MR) is 85.8 cm³/mol. The fourth-order valence-corrected chi connectivity index (χ4v) is 5.14. The summed E-state index contributed by atoms with van der Waals surface area (Å²) >= 11 is 12.0. The third-order valence-electron chi connectivity index (χ3n) is 4.42. The summed E-state index contributed by atoms with van der Waals surface area (Å²) in [6, 6.07) is 5.28. The van der Waals surface area contributed by atoms with Crippen LogP contribution in [-0.2, 0) is 15.7 Å². The number of hydrogen-bond donors (Lipinski definition) is 0. The fraction of sp³-hybridized carbons (Fsp3) is 0.500. The molecule has 1 atom stereocenters. The highest BCUT2D eigenvalue weighted by atomic mass is 35.5. The van der Waals surface area contributed by atoms with Gasteiger partial charge in [-0.1, -0.05) is 11.6 Å². The topological polar surface area (TPSA) is 52.0 Å². The van der Waals surface area contributed by atoms with Gasteiger partial charge in [0.05, 0.1) is 33.5 Å². The van der Waals surface area contributed by atoms with Crippen molar-refractivity contribution in [2.45, 2.75) is 36.9 Å². The number of benzene rings is 1. The highest BCUT2D eigenvalue weighted by Gasteiger charge is 2.49. The molecular formula is C14H16Cl2N2O2S. The van der Waals surface area contributed by atoms with Crippen molar-refractivity contribution in [2.24, 2.45) is 0 Å². The van der Waals surface area contributed by atoms with Crippen LogP contribution >= 0.6 is 23.2 Å². The molecule has 0 bridgehead atoms. The molecule has 21 heavy (non-hydrogen) atoms. The Balaban J connectivity index is 2.25. The molecule has 0 aliphatic carbocycles. The first kappa shape index (κ1) is 15.1. The Labute approximate surface area is 134 Å². The van der Waals surface area contributed by atoms with Gasteiger partial charge in [0.15, 0.2) is 9.84 Å². The number of imidazole rings is 1. The maximum absolute atomic E-state index is 12.3. The molecule has 1 aromatic carbocycles. The van der Waals surface area contributed by atoms with E-state index < -0.39 is 14.6 Å². The molecule has 4 nitrogen and oxygen atoms in total. The summed E-state index contributed by atoms with van der Waals surface area (Å²) in [6.07, 6.45) is 0.577. The Bertz CT molecular complexity index is 812. The van der Waals surface area contributed by atoms with E-state index in [1.54, 1.807) is 26.0 Å². The smallest absolute Gasteiger partial charge is 0.157 e. The molecule has 0 radical (unpaired) electrons. The number of fused-ring (bicyclic) bond motifs is 1. The Hall–Kier alpha value is -0.780. The molecule has 1 saturated heterocycles. The van der Waals surface area contributed by atoms with Gasteiger partial charge in [-0.15, -0.1) is 11.6 Å². The molecule has 7 heteroatoms. The van der Waals surface area contributed by atoms with Gasteiger partial charge in [0.2, 0.25) is 0 Å². The molecule has 1 aliphatic rings. The highest BCUT2D eigenvalue weighted by Crippen LogP contribution is 2.43. The summed E-state index contributed by atoms with van der Waals surface area (Å²) < 4.78 is 25.7. The van der Waals surface area contributed by atoms with Gasteiger partial charge in [0, 0.05) is 5.02 Å². The Morgan fingerprint density at radius 2 is 2.14 bits per heavy atom. The van der Waals surface area contributed by atoms with Gasteiger partial charge in [-0.25, -0.2) is 13.4 Å². The molecule has 1 unspecified atom stereocenters. The molecule has 0 amide bonds. The maximum atomic E-state index is 12.3. The maximum Gasteiger partial charge on any atom is 0.157 e. The van der Waals surface area contributed by atoms with E-state index in [1.807, 2.05) is 10.6 Å². The van der Waals surface area contributed by atoms with Crippen LogP contribution in [0.1, 0.15) is 32.1 Å². The van der Waals surface area contributed by atoms with E-state index in [4.69, 9.17) is 23.2 Å². The molecule has 3 rings (SSSR count). The Morgan fingerprint density at radius 3 is 2.71 bits per heavy atom. The van der Waals surface area contributed by atoms with Gasteiger partial charge in [-0.2, -0.15) is 0 Å². The molecular weight excluding hydrogens is 331 g/mol. The molecule has 0 saturated carbocycles. The van der Waals surface area contributed by atoms with Gasteiger partial charge >= 0.3 is 0 Å². The first-order chi connectivity index (χ1) is 9.78. The zero-order chi connectivity index (χ0) is 15.4. The molecule has 0 N–H and O–H groups in total. The van der Waals surface area contributed by atoms with E-state index in [2.05, 4.69) is 4.98 Å². The minimum atomic E-state index is -3.12. The number of alkyl halides is 1. The minimum absolute atomic E-state index is 0.164. The fourth-order valence-electron chi connectivity index (χ4n) is 3.09. The lowest BCUT2D eigenvalue weighted by atomic mass is 10.0. The van der Waals surface area contributed by atoms with Gasteiger partial charge in [0.25, 0.3) is 0 Å². The lowest BCUT2D eigenvalue weighted by Crippen LogP contribution is -2.35. The molecule has 1 aliphatic heterocycles. The summed E-state index contributed by atoms with van der Waals surface area (Å²) in [4.78, 5) is 4.50. The summed E-state index contributed by atoms with van der Waals surface area (Å²) in [5, 5.41) is 0.603. The van der Waals surface area contributed by atoms with Crippen LogP contribution in [0.25, 0.3) is 11.0 Å². The summed E-state index contributed by atoms with van der Waals surface area (Å²) in [5.41, 5.74) is 1.63. The van der Waals surface area contributed by atoms with Crippen molar-refractivity contribution in [3.63, 3.8) is 0 Å². The first-order valence-electron chi connectivity index (χ1n) is 6.72. The minimum Gasteiger partial charge on any atom is -0.322 e. The lowest BCUT2D eigenvalue weighted by molar-refractivity contribution is 0.411. The normalized spacial score (nSPS) is 23.7. The summed E-state index contributed by atoms with van der Waals surface area (Å²) in [6.45, 7) is 3.56. The van der Waals surface area contributed by atoms with Crippen LogP contribution in [0.4, 0.5) is 0 Å². The summed E-state index contributed by atoms with van der Waals surface area (Å²) in [5.74, 6) is 1.11. The van der Waals surface area contributed by atoms with E-state index in [0.29, 0.717) is 17.3 Å². The molecule has 1 fully saturated rings. The predicted octanol–water partition coefficient (Wildman–Crippen LogP) is 3.57. The monoisotopic (exact) mass is 346 g/mol. The van der Waals surface area contributed by atoms with Crippen molar-refractivity contribution in [2.75, 3.05) is 5.75 Å². The zero-order valence-electron chi connectivity index (χ0n) is 11.8. The molecule has 2 heterocycles. The van der Waals surface area contributed by atoms with E-state index in [-0.39, 0.29) is 17.7 Å². The number of rotatable bonds is 2. The highest BCUT2D eigenvalue weighted by molar-refractivity contribution is 7.93. The van der Waals surface area contributed by atoms with E-state index in [0.717, 1.165) is 11.0 Å². The van der Waals surface area contributed by atoms with Crippen LogP contribution in [0.3, 0.4) is 0 Å². The average Bonchev–Trinajstić information content (AvgIpc) is 2.85. The van der Waals surface area contributed by atoms with Crippen molar-refractivity contribution in [3.8, 4) is 0 Å². The second kappa shape index (κ2) is 4.86. The van der Waals surface area contributed by atoms with Gasteiger partial charge in [0.1, 0.15) is 5.82 Å². The largest absolute Gasteiger partial charge is 0.322 e. The number of aromatic nitrogens is 2. The van der Waals surface area contributed by atoms with Crippen molar-refractivity contribution >= 4 is 44.1 Å². The van der Waals surface area contributed by atoms with Gasteiger partial charge in [-0.3, -0.25) is 0 Å². The van der Waals surface area contributed by atoms with Crippen LogP contribution in [0.15, 0.2) is 18.2 Å². The van der Waals surface area contributed by atoms with Crippen molar-refractivity contribution in [1.29, 1.82) is 0 Å². The van der Waals surface area contributed by atoms with Crippen LogP contribution in [-0.4, -0.2) is 28.5 Å². The standard InChI is InChI=1S/C14H16Cl2N2O2S/c1-14(2)12(5-6-21(14,19)20)18-11-4-3-9(16)7-10(11)17-13(18)8-15/h3-4,7,12H,5-6,8H2,1-2H3. The van der Waals surface area contributed by atoms with Crippen molar-refractivity contribution < 1.29 is 8.42 Å². The van der Waals surface area contributed by atoms with Crippen LogP contribution in [0.5, 0.6) is 0 Å². The average molecular weight is 347 g/mol.